The van der Waals surface area contributed by atoms with Gasteiger partial charge in [-0.2, -0.15) is 0 Å². The maximum atomic E-state index is 12.9. The molecule has 2 heterocycles. The molecule has 25 heavy (non-hydrogen) atoms. The van der Waals surface area contributed by atoms with Gasteiger partial charge < -0.3 is 9.15 Å². The minimum atomic E-state index is -0.363. The predicted molar refractivity (Wildman–Crippen MR) is 96.2 cm³/mol. The van der Waals surface area contributed by atoms with E-state index in [1.165, 1.54) is 4.57 Å². The molecule has 0 spiro atoms. The Morgan fingerprint density at radius 1 is 1.40 bits per heavy atom. The van der Waals surface area contributed by atoms with Crippen LogP contribution in [-0.2, 0) is 16.1 Å². The maximum absolute atomic E-state index is 12.9. The lowest BCUT2D eigenvalue weighted by Gasteiger charge is -2.12. The smallest absolute Gasteiger partial charge is 0.316 e. The number of rotatable bonds is 6. The number of fused-ring (bicyclic) bond motifs is 1. The van der Waals surface area contributed by atoms with Gasteiger partial charge in [-0.3, -0.25) is 14.2 Å². The first-order chi connectivity index (χ1) is 12.1. The Balaban J connectivity index is 2.04. The first kappa shape index (κ1) is 17.6. The van der Waals surface area contributed by atoms with Crippen LogP contribution in [0.15, 0.2) is 51.0 Å². The predicted octanol–water partition coefficient (Wildman–Crippen LogP) is 3.35. The summed E-state index contributed by atoms with van der Waals surface area (Å²) in [6.45, 7) is 2.27. The third-order valence-electron chi connectivity index (χ3n) is 3.40. The molecule has 2 aromatic heterocycles. The Labute approximate surface area is 152 Å². The van der Waals surface area contributed by atoms with Gasteiger partial charge in [-0.25, -0.2) is 4.98 Å². The van der Waals surface area contributed by atoms with E-state index in [1.807, 2.05) is 0 Å². The second-order valence-electron chi connectivity index (χ2n) is 5.12. The van der Waals surface area contributed by atoms with E-state index in [0.717, 1.165) is 11.8 Å². The van der Waals surface area contributed by atoms with Gasteiger partial charge >= 0.3 is 5.97 Å². The first-order valence-corrected chi connectivity index (χ1v) is 8.95. The molecular weight excluding hydrogens is 364 g/mol. The summed E-state index contributed by atoms with van der Waals surface area (Å²) in [5.74, 6) is 0.317. The Kier molecular flexibility index (Phi) is 5.45. The van der Waals surface area contributed by atoms with Crippen LogP contribution in [0.3, 0.4) is 0 Å². The molecule has 130 valence electrons. The molecule has 0 fully saturated rings. The molecule has 6 nitrogen and oxygen atoms in total. The van der Waals surface area contributed by atoms with Crippen LogP contribution in [0, 0.1) is 0 Å². The monoisotopic (exact) mass is 378 g/mol. The standard InChI is InChI=1S/C17H15ClN2O4S/c1-2-23-15(21)10-25-17-19-14-8-11(18)5-6-13(14)16(22)20(17)9-12-4-3-7-24-12/h3-8H,2,9-10H2,1H3. The van der Waals surface area contributed by atoms with Crippen molar-refractivity contribution in [3.05, 3.63) is 57.7 Å². The topological polar surface area (TPSA) is 74.3 Å². The van der Waals surface area contributed by atoms with Crippen molar-refractivity contribution < 1.29 is 13.9 Å². The van der Waals surface area contributed by atoms with Crippen LogP contribution in [0.1, 0.15) is 12.7 Å². The zero-order valence-electron chi connectivity index (χ0n) is 13.4. The molecule has 0 amide bonds. The molecule has 8 heteroatoms. The number of benzene rings is 1. The summed E-state index contributed by atoms with van der Waals surface area (Å²) in [5.41, 5.74) is 0.268. The first-order valence-electron chi connectivity index (χ1n) is 7.59. The number of thioether (sulfide) groups is 1. The average Bonchev–Trinajstić information content (AvgIpc) is 3.09. The molecule has 0 unspecified atom stereocenters. The maximum Gasteiger partial charge on any atom is 0.316 e. The molecule has 0 saturated heterocycles. The number of aromatic nitrogens is 2. The zero-order chi connectivity index (χ0) is 17.8. The summed E-state index contributed by atoms with van der Waals surface area (Å²) >= 11 is 7.15. The molecule has 0 saturated carbocycles. The summed E-state index contributed by atoms with van der Waals surface area (Å²) in [4.78, 5) is 29.0. The van der Waals surface area contributed by atoms with Crippen molar-refractivity contribution in [1.82, 2.24) is 9.55 Å². The number of hydrogen-bond acceptors (Lipinski definition) is 6. The summed E-state index contributed by atoms with van der Waals surface area (Å²) in [6.07, 6.45) is 1.54. The van der Waals surface area contributed by atoms with Gasteiger partial charge in [0.15, 0.2) is 5.16 Å². The second kappa shape index (κ2) is 7.76. The fourth-order valence-electron chi connectivity index (χ4n) is 2.31. The fourth-order valence-corrected chi connectivity index (χ4v) is 3.27. The molecule has 0 aliphatic heterocycles. The van der Waals surface area contributed by atoms with Crippen LogP contribution in [0.5, 0.6) is 0 Å². The van der Waals surface area contributed by atoms with Crippen LogP contribution < -0.4 is 5.56 Å². The lowest BCUT2D eigenvalue weighted by atomic mass is 10.2. The Morgan fingerprint density at radius 3 is 2.96 bits per heavy atom. The van der Waals surface area contributed by atoms with Crippen LogP contribution in [0.25, 0.3) is 10.9 Å². The van der Waals surface area contributed by atoms with E-state index in [1.54, 1.807) is 43.5 Å². The van der Waals surface area contributed by atoms with Crippen molar-refractivity contribution >= 4 is 40.2 Å². The van der Waals surface area contributed by atoms with Gasteiger partial charge in [0.05, 0.1) is 36.1 Å². The molecular formula is C17H15ClN2O4S. The summed E-state index contributed by atoms with van der Waals surface area (Å²) in [7, 11) is 0. The van der Waals surface area contributed by atoms with Gasteiger partial charge in [0.25, 0.3) is 5.56 Å². The van der Waals surface area contributed by atoms with E-state index >= 15 is 0 Å². The van der Waals surface area contributed by atoms with E-state index in [4.69, 9.17) is 20.8 Å². The molecule has 1 aromatic carbocycles. The normalized spacial score (nSPS) is 11.0. The third kappa shape index (κ3) is 4.05. The highest BCUT2D eigenvalue weighted by Gasteiger charge is 2.15. The number of esters is 1. The summed E-state index contributed by atoms with van der Waals surface area (Å²) in [5, 5.41) is 1.35. The van der Waals surface area contributed by atoms with E-state index < -0.39 is 0 Å². The Bertz CT molecular complexity index is 953. The molecule has 0 bridgehead atoms. The molecule has 0 atom stereocenters. The number of nitrogens with zero attached hydrogens (tertiary/aromatic N) is 2. The van der Waals surface area contributed by atoms with Crippen LogP contribution in [0.2, 0.25) is 5.02 Å². The number of ether oxygens (including phenoxy) is 1. The average molecular weight is 379 g/mol. The summed E-state index contributed by atoms with van der Waals surface area (Å²) in [6, 6.07) is 8.45. The Hall–Kier alpha value is -2.25. The highest BCUT2D eigenvalue weighted by Crippen LogP contribution is 2.21. The van der Waals surface area contributed by atoms with Crippen molar-refractivity contribution in [1.29, 1.82) is 0 Å². The number of furan rings is 1. The fraction of sp³-hybridized carbons (Fsp3) is 0.235. The molecule has 0 aliphatic carbocycles. The van der Waals surface area contributed by atoms with Crippen molar-refractivity contribution in [2.75, 3.05) is 12.4 Å². The van der Waals surface area contributed by atoms with Gasteiger partial charge in [0.2, 0.25) is 0 Å². The minimum Gasteiger partial charge on any atom is -0.467 e. The van der Waals surface area contributed by atoms with Crippen molar-refractivity contribution in [3.63, 3.8) is 0 Å². The lowest BCUT2D eigenvalue weighted by Crippen LogP contribution is -2.24. The molecule has 0 N–H and O–H groups in total. The molecule has 3 rings (SSSR count). The van der Waals surface area contributed by atoms with Crippen molar-refractivity contribution in [2.24, 2.45) is 0 Å². The van der Waals surface area contributed by atoms with Crippen molar-refractivity contribution in [3.8, 4) is 0 Å². The second-order valence-corrected chi connectivity index (χ2v) is 6.50. The highest BCUT2D eigenvalue weighted by atomic mass is 35.5. The molecule has 3 aromatic rings. The molecule has 0 radical (unpaired) electrons. The van der Waals surface area contributed by atoms with Gasteiger partial charge in [-0.15, -0.1) is 0 Å². The van der Waals surface area contributed by atoms with Crippen molar-refractivity contribution in [2.45, 2.75) is 18.6 Å². The number of carbonyl (C=O) groups is 1. The zero-order valence-corrected chi connectivity index (χ0v) is 15.0. The number of carbonyl (C=O) groups excluding carboxylic acids is 1. The third-order valence-corrected chi connectivity index (χ3v) is 4.59. The SMILES string of the molecule is CCOC(=O)CSc1nc2cc(Cl)ccc2c(=O)n1Cc1ccco1. The van der Waals surface area contributed by atoms with Crippen LogP contribution in [0.4, 0.5) is 0 Å². The quantitative estimate of drug-likeness (QED) is 0.372. The van der Waals surface area contributed by atoms with Crippen LogP contribution in [-0.4, -0.2) is 27.9 Å². The lowest BCUT2D eigenvalue weighted by molar-refractivity contribution is -0.139. The Morgan fingerprint density at radius 2 is 2.24 bits per heavy atom. The largest absolute Gasteiger partial charge is 0.467 e. The number of hydrogen-bond donors (Lipinski definition) is 0. The van der Waals surface area contributed by atoms with E-state index in [9.17, 15) is 9.59 Å². The van der Waals surface area contributed by atoms with E-state index in [-0.39, 0.29) is 23.8 Å². The summed E-state index contributed by atoms with van der Waals surface area (Å²) < 4.78 is 11.7. The highest BCUT2D eigenvalue weighted by molar-refractivity contribution is 7.99. The van der Waals surface area contributed by atoms with Gasteiger partial charge in [-0.1, -0.05) is 23.4 Å². The minimum absolute atomic E-state index is 0.0600. The van der Waals surface area contributed by atoms with Gasteiger partial charge in [0, 0.05) is 5.02 Å². The van der Waals surface area contributed by atoms with E-state index in [0.29, 0.717) is 33.4 Å². The van der Waals surface area contributed by atoms with Gasteiger partial charge in [0.1, 0.15) is 5.76 Å². The van der Waals surface area contributed by atoms with Crippen LogP contribution >= 0.6 is 23.4 Å². The van der Waals surface area contributed by atoms with Gasteiger partial charge in [-0.05, 0) is 37.3 Å². The van der Waals surface area contributed by atoms with E-state index in [2.05, 4.69) is 4.98 Å². The number of halogens is 1. The molecule has 0 aliphatic rings.